The maximum Gasteiger partial charge on any atom is 0.260 e. The maximum absolute atomic E-state index is 12.7. The van der Waals surface area contributed by atoms with Gasteiger partial charge < -0.3 is 10.4 Å². The molecule has 0 fully saturated rings. The summed E-state index contributed by atoms with van der Waals surface area (Å²) in [5, 5.41) is 46.1. The van der Waals surface area contributed by atoms with Crippen LogP contribution in [0.5, 0.6) is 0 Å². The van der Waals surface area contributed by atoms with Gasteiger partial charge in [0.15, 0.2) is 0 Å². The Morgan fingerprint density at radius 1 is 0.471 bits per heavy atom. The number of hydrogen-bond donors (Lipinski definition) is 2. The molecule has 0 amide bonds. The molecule has 4 aromatic rings. The molecule has 4 aromatic carbocycles. The van der Waals surface area contributed by atoms with Gasteiger partial charge in [-0.3, -0.25) is 10.4 Å². The molecule has 0 heterocycles. The van der Waals surface area contributed by atoms with Gasteiger partial charge in [-0.2, -0.15) is 0 Å². The first-order chi connectivity index (χ1) is 16.6. The van der Waals surface area contributed by atoms with Crippen LogP contribution in [0.1, 0.15) is 34.1 Å². The molecule has 2 atom stereocenters. The van der Waals surface area contributed by atoms with E-state index in [1.165, 1.54) is 0 Å². The number of benzene rings is 4. The van der Waals surface area contributed by atoms with Gasteiger partial charge in [0.05, 0.1) is 11.8 Å². The molecule has 2 N–H and O–H groups in total. The minimum Gasteiger partial charge on any atom is -0.417 e. The van der Waals surface area contributed by atoms with E-state index in [-0.39, 0.29) is 21.2 Å². The highest BCUT2D eigenvalue weighted by molar-refractivity contribution is 6.10. The highest BCUT2D eigenvalue weighted by atomic mass is 16.8. The van der Waals surface area contributed by atoms with Gasteiger partial charge in [0.25, 0.3) is 11.4 Å². The zero-order valence-electron chi connectivity index (χ0n) is 18.3. The zero-order chi connectivity index (χ0) is 23.9. The molecule has 0 aliphatic heterocycles. The van der Waals surface area contributed by atoms with E-state index >= 15 is 0 Å². The minimum atomic E-state index is -0.813. The molecule has 4 rings (SSSR count). The van der Waals surface area contributed by atoms with Crippen molar-refractivity contribution in [1.82, 2.24) is 0 Å². The molecule has 2 unspecified atom stereocenters. The van der Waals surface area contributed by atoms with Crippen LogP contribution in [0.2, 0.25) is 0 Å². The van der Waals surface area contributed by atoms with Crippen molar-refractivity contribution in [2.24, 2.45) is 0 Å². The molecule has 0 bridgehead atoms. The van der Waals surface area contributed by atoms with Gasteiger partial charge in [-0.1, -0.05) is 97.1 Å². The Morgan fingerprint density at radius 2 is 0.735 bits per heavy atom. The Morgan fingerprint density at radius 3 is 1.00 bits per heavy atom. The van der Waals surface area contributed by atoms with Crippen molar-refractivity contribution in [2.45, 2.75) is 11.8 Å². The average molecular weight is 453 g/mol. The van der Waals surface area contributed by atoms with E-state index in [1.807, 2.05) is 72.8 Å². The summed E-state index contributed by atoms with van der Waals surface area (Å²) in [5.41, 5.74) is 2.49. The highest BCUT2D eigenvalue weighted by Gasteiger charge is 2.43. The molecule has 0 aliphatic rings. The molecule has 0 aliphatic carbocycles. The van der Waals surface area contributed by atoms with Gasteiger partial charge in [0.2, 0.25) is 0 Å². The molecule has 170 valence electrons. The molecule has 6 heteroatoms. The zero-order valence-corrected chi connectivity index (χ0v) is 18.3. The third kappa shape index (κ3) is 4.76. The Labute approximate surface area is 197 Å². The largest absolute Gasteiger partial charge is 0.417 e. The Kier molecular flexibility index (Phi) is 6.89. The van der Waals surface area contributed by atoms with E-state index in [0.29, 0.717) is 22.3 Å². The van der Waals surface area contributed by atoms with E-state index in [0.717, 1.165) is 0 Å². The van der Waals surface area contributed by atoms with E-state index < -0.39 is 11.8 Å². The van der Waals surface area contributed by atoms with Crippen molar-refractivity contribution < 1.29 is 20.2 Å². The summed E-state index contributed by atoms with van der Waals surface area (Å²) >= 11 is 0. The van der Waals surface area contributed by atoms with Gasteiger partial charge in [0, 0.05) is 20.9 Å². The van der Waals surface area contributed by atoms with Crippen LogP contribution < -0.4 is 0 Å². The summed E-state index contributed by atoms with van der Waals surface area (Å²) in [6.07, 6.45) is 0. The smallest absolute Gasteiger partial charge is 0.260 e. The first-order valence-corrected chi connectivity index (χ1v) is 10.8. The number of hydrogen-bond acceptors (Lipinski definition) is 4. The van der Waals surface area contributed by atoms with Crippen LogP contribution >= 0.6 is 0 Å². The fourth-order valence-electron chi connectivity index (χ4n) is 4.37. The van der Waals surface area contributed by atoms with Crippen LogP contribution in [0.25, 0.3) is 0 Å². The van der Waals surface area contributed by atoms with E-state index in [1.54, 1.807) is 48.5 Å². The summed E-state index contributed by atoms with van der Waals surface area (Å²) in [6, 6.07) is 36.0. The molecular weight excluding hydrogens is 428 g/mol. The van der Waals surface area contributed by atoms with Crippen molar-refractivity contribution in [3.05, 3.63) is 154 Å². The highest BCUT2D eigenvalue weighted by Crippen LogP contribution is 2.39. The van der Waals surface area contributed by atoms with Crippen LogP contribution in [0, 0.1) is 10.4 Å². The first-order valence-electron chi connectivity index (χ1n) is 10.8. The summed E-state index contributed by atoms with van der Waals surface area (Å²) in [7, 11) is 0. The molecule has 0 saturated carbocycles. The van der Waals surface area contributed by atoms with E-state index in [9.17, 15) is 20.8 Å². The second kappa shape index (κ2) is 10.4. The van der Waals surface area contributed by atoms with Gasteiger partial charge in [-0.05, 0) is 35.4 Å². The van der Waals surface area contributed by atoms with Gasteiger partial charge in [0.1, 0.15) is 0 Å². The third-order valence-electron chi connectivity index (χ3n) is 5.79. The Bertz CT molecular complexity index is 1160. The van der Waals surface area contributed by atoms with Crippen molar-refractivity contribution in [3.63, 3.8) is 0 Å². The minimum absolute atomic E-state index is 0.0518. The quantitative estimate of drug-likeness (QED) is 0.172. The predicted molar refractivity (Wildman–Crippen MR) is 130 cm³/mol. The second-order valence-electron chi connectivity index (χ2n) is 7.83. The second-order valence-corrected chi connectivity index (χ2v) is 7.83. The standard InChI is InChI=1S/C28H24N2O4/c31-29(32)27(23-17-9-3-10-18-23)25(21-13-5-1-6-14-21)26(22-15-7-2-8-16-22)28(30(33)34)24-19-11-4-12-20-24/h1-20,25-26H,(H,31,32)(H,33,34). The third-order valence-corrected chi connectivity index (χ3v) is 5.79. The van der Waals surface area contributed by atoms with Crippen LogP contribution in [0.15, 0.2) is 121 Å². The summed E-state index contributed by atoms with van der Waals surface area (Å²) in [6.45, 7) is 0. The lowest BCUT2D eigenvalue weighted by atomic mass is 9.73. The van der Waals surface area contributed by atoms with Crippen LogP contribution in [-0.4, -0.2) is 31.6 Å². The summed E-state index contributed by atoms with van der Waals surface area (Å²) in [4.78, 5) is -0.282. The SMILES string of the molecule is [O-]/[N+](O)=C(/c1ccccc1)C(c1ccccc1)C(/C(c1ccccc1)=[N+](/[O-])O)c1ccccc1. The van der Waals surface area contributed by atoms with Crippen LogP contribution in [0.4, 0.5) is 0 Å². The van der Waals surface area contributed by atoms with E-state index in [2.05, 4.69) is 0 Å². The molecule has 34 heavy (non-hydrogen) atoms. The lowest BCUT2D eigenvalue weighted by Crippen LogP contribution is -2.34. The fraction of sp³-hybridized carbons (Fsp3) is 0.0714. The average Bonchev–Trinajstić information content (AvgIpc) is 2.87. The molecular formula is C28H24N2O4. The first kappa shape index (κ1) is 22.6. The maximum atomic E-state index is 12.7. The Hall–Kier alpha value is -4.58. The molecule has 0 radical (unpaired) electrons. The van der Waals surface area contributed by atoms with Gasteiger partial charge in [-0.15, -0.1) is 0 Å². The molecule has 0 spiro atoms. The Balaban J connectivity index is 2.06. The van der Waals surface area contributed by atoms with Crippen LogP contribution in [0.3, 0.4) is 0 Å². The topological polar surface area (TPSA) is 92.6 Å². The predicted octanol–water partition coefficient (Wildman–Crippen LogP) is 5.33. The van der Waals surface area contributed by atoms with Crippen molar-refractivity contribution in [3.8, 4) is 0 Å². The van der Waals surface area contributed by atoms with Crippen molar-refractivity contribution in [1.29, 1.82) is 0 Å². The van der Waals surface area contributed by atoms with Crippen molar-refractivity contribution in [2.75, 3.05) is 0 Å². The normalized spacial score (nSPS) is 14.5. The van der Waals surface area contributed by atoms with Crippen molar-refractivity contribution >= 4 is 11.4 Å². The van der Waals surface area contributed by atoms with Gasteiger partial charge in [-0.25, -0.2) is 0 Å². The lowest BCUT2D eigenvalue weighted by molar-refractivity contribution is -0.728. The monoisotopic (exact) mass is 452 g/mol. The summed E-state index contributed by atoms with van der Waals surface area (Å²) < 4.78 is 0. The molecule has 0 saturated heterocycles. The number of nitrogens with zero attached hydrogens (tertiary/aromatic N) is 2. The van der Waals surface area contributed by atoms with Crippen LogP contribution in [-0.2, 0) is 0 Å². The lowest BCUT2D eigenvalue weighted by Gasteiger charge is -2.26. The number of rotatable bonds is 7. The summed E-state index contributed by atoms with van der Waals surface area (Å²) in [5.74, 6) is -1.63. The fourth-order valence-corrected chi connectivity index (χ4v) is 4.37. The van der Waals surface area contributed by atoms with Gasteiger partial charge >= 0.3 is 0 Å². The molecule has 0 aromatic heterocycles. The molecule has 6 nitrogen and oxygen atoms in total. The van der Waals surface area contributed by atoms with E-state index in [4.69, 9.17) is 0 Å².